The third-order valence-corrected chi connectivity index (χ3v) is 2.12. The van der Waals surface area contributed by atoms with Crippen LogP contribution < -0.4 is 0 Å². The van der Waals surface area contributed by atoms with Gasteiger partial charge in [-0.2, -0.15) is 4.21 Å². The van der Waals surface area contributed by atoms with Crippen molar-refractivity contribution in [3.05, 3.63) is 35.4 Å². The van der Waals surface area contributed by atoms with E-state index in [2.05, 4.69) is 8.92 Å². The predicted octanol–water partition coefficient (Wildman–Crippen LogP) is 0.129. The minimum atomic E-state index is -2.68. The Balaban J connectivity index is 2.70. The lowest BCUT2D eigenvalue weighted by molar-refractivity contribution is 0.0433. The van der Waals surface area contributed by atoms with Crippen LogP contribution in [0.15, 0.2) is 24.3 Å². The van der Waals surface area contributed by atoms with Crippen molar-refractivity contribution in [3.8, 4) is 0 Å². The van der Waals surface area contributed by atoms with Crippen molar-refractivity contribution >= 4 is 23.3 Å². The van der Waals surface area contributed by atoms with Crippen LogP contribution in [0.3, 0.4) is 0 Å². The molecule has 1 atom stereocenters. The van der Waals surface area contributed by atoms with Gasteiger partial charge in [0, 0.05) is 0 Å². The van der Waals surface area contributed by atoms with Gasteiger partial charge < -0.3 is 14.0 Å². The second-order valence-electron chi connectivity index (χ2n) is 3.02. The van der Waals surface area contributed by atoms with Crippen molar-refractivity contribution < 1.29 is 32.4 Å². The van der Waals surface area contributed by atoms with Gasteiger partial charge in [0.2, 0.25) is 0 Å². The van der Waals surface area contributed by atoms with Crippen molar-refractivity contribution in [2.24, 2.45) is 0 Å². The van der Waals surface area contributed by atoms with Crippen LogP contribution in [0.4, 0.5) is 0 Å². The zero-order valence-corrected chi connectivity index (χ0v) is 9.88. The minimum absolute atomic E-state index is 0.0242. The number of esters is 1. The molecule has 0 saturated heterocycles. The maximum atomic E-state index is 11.3. The second-order valence-corrected chi connectivity index (χ2v) is 3.63. The summed E-state index contributed by atoms with van der Waals surface area (Å²) in [7, 11) is 0. The zero-order chi connectivity index (χ0) is 13.5. The Morgan fingerprint density at radius 1 is 1.11 bits per heavy atom. The molecule has 98 valence electrons. The van der Waals surface area contributed by atoms with Crippen LogP contribution in [0.5, 0.6) is 0 Å². The molecular formula is C10H10O7S. The van der Waals surface area contributed by atoms with Crippen molar-refractivity contribution in [3.63, 3.8) is 0 Å². The monoisotopic (exact) mass is 274 g/mol. The molecule has 0 aliphatic carbocycles. The van der Waals surface area contributed by atoms with Crippen LogP contribution in [0, 0.1) is 0 Å². The summed E-state index contributed by atoms with van der Waals surface area (Å²) in [5.41, 5.74) is 0.209. The summed E-state index contributed by atoms with van der Waals surface area (Å²) in [4.78, 5) is 22.5. The molecule has 0 heterocycles. The van der Waals surface area contributed by atoms with Crippen molar-refractivity contribution in [1.29, 1.82) is 0 Å². The fraction of sp³-hybridized carbons (Fsp3) is 0.200. The fourth-order valence-corrected chi connectivity index (χ4v) is 1.30. The highest BCUT2D eigenvalue weighted by molar-refractivity contribution is 7.74. The molecule has 2 N–H and O–H groups in total. The van der Waals surface area contributed by atoms with E-state index in [1.807, 2.05) is 0 Å². The Morgan fingerprint density at radius 3 is 2.06 bits per heavy atom. The van der Waals surface area contributed by atoms with Crippen LogP contribution in [-0.4, -0.2) is 39.0 Å². The molecule has 0 spiro atoms. The number of rotatable bonds is 5. The molecule has 8 heteroatoms. The number of benzene rings is 1. The molecule has 0 fully saturated rings. The standard InChI is InChI=1S/C10H10O7S/c11-5-6-16-9(12)7-1-3-8(4-2-7)10(13)17-18(14)15/h1-4,11H,5-6H2,(H,14,15). The molecule has 0 bridgehead atoms. The smallest absolute Gasteiger partial charge is 0.360 e. The van der Waals surface area contributed by atoms with E-state index in [9.17, 15) is 13.8 Å². The molecule has 18 heavy (non-hydrogen) atoms. The Labute approximate surface area is 105 Å². The number of aliphatic hydroxyl groups excluding tert-OH is 1. The molecule has 1 aromatic rings. The van der Waals surface area contributed by atoms with Gasteiger partial charge in [0.1, 0.15) is 6.61 Å². The van der Waals surface area contributed by atoms with Gasteiger partial charge in [0.25, 0.3) is 0 Å². The molecule has 1 aromatic carbocycles. The highest BCUT2D eigenvalue weighted by atomic mass is 32.2. The average molecular weight is 274 g/mol. The number of hydrogen-bond donors (Lipinski definition) is 2. The first-order valence-corrected chi connectivity index (χ1v) is 5.79. The Hall–Kier alpha value is -1.77. The fourth-order valence-electron chi connectivity index (χ4n) is 1.08. The number of carbonyl (C=O) groups excluding carboxylic acids is 2. The molecule has 0 aliphatic rings. The van der Waals surface area contributed by atoms with Gasteiger partial charge in [-0.3, -0.25) is 4.55 Å². The van der Waals surface area contributed by atoms with Crippen LogP contribution in [-0.2, 0) is 20.3 Å². The lowest BCUT2D eigenvalue weighted by atomic mass is 10.1. The second kappa shape index (κ2) is 6.84. The van der Waals surface area contributed by atoms with Crippen LogP contribution >= 0.6 is 0 Å². The molecular weight excluding hydrogens is 264 g/mol. The average Bonchev–Trinajstić information content (AvgIpc) is 2.35. The van der Waals surface area contributed by atoms with E-state index in [-0.39, 0.29) is 24.3 Å². The summed E-state index contributed by atoms with van der Waals surface area (Å²) in [6.45, 7) is -0.398. The number of aliphatic hydroxyl groups is 1. The summed E-state index contributed by atoms with van der Waals surface area (Å²) in [5, 5.41) is 8.47. The van der Waals surface area contributed by atoms with Gasteiger partial charge in [0.15, 0.2) is 0 Å². The summed E-state index contributed by atoms with van der Waals surface area (Å²) in [6, 6.07) is 5.11. The lowest BCUT2D eigenvalue weighted by Gasteiger charge is -2.03. The molecule has 0 amide bonds. The summed E-state index contributed by atoms with van der Waals surface area (Å²) in [6.07, 6.45) is 0. The normalized spacial score (nSPS) is 11.7. The lowest BCUT2D eigenvalue weighted by Crippen LogP contribution is -2.10. The third kappa shape index (κ3) is 4.24. The first kappa shape index (κ1) is 14.3. The van der Waals surface area contributed by atoms with E-state index in [0.717, 1.165) is 0 Å². The van der Waals surface area contributed by atoms with Gasteiger partial charge in [-0.05, 0) is 24.3 Å². The number of hydrogen-bond acceptors (Lipinski definition) is 6. The van der Waals surface area contributed by atoms with Gasteiger partial charge >= 0.3 is 23.3 Å². The molecule has 0 aliphatic heterocycles. The molecule has 1 unspecified atom stereocenters. The van der Waals surface area contributed by atoms with Gasteiger partial charge in [0.05, 0.1) is 17.7 Å². The van der Waals surface area contributed by atoms with E-state index in [1.54, 1.807) is 0 Å². The Morgan fingerprint density at radius 2 is 1.61 bits per heavy atom. The van der Waals surface area contributed by atoms with Gasteiger partial charge in [-0.15, -0.1) is 0 Å². The van der Waals surface area contributed by atoms with Crippen LogP contribution in [0.1, 0.15) is 20.7 Å². The predicted molar refractivity (Wildman–Crippen MR) is 60.0 cm³/mol. The summed E-state index contributed by atoms with van der Waals surface area (Å²) >= 11 is -2.68. The molecule has 1 rings (SSSR count). The SMILES string of the molecule is O=C(OCCO)c1ccc(C(=O)OS(=O)O)cc1. The topological polar surface area (TPSA) is 110 Å². The minimum Gasteiger partial charge on any atom is -0.460 e. The highest BCUT2D eigenvalue weighted by Gasteiger charge is 2.12. The maximum absolute atomic E-state index is 11.3. The first-order chi connectivity index (χ1) is 8.54. The van der Waals surface area contributed by atoms with Crippen molar-refractivity contribution in [2.45, 2.75) is 0 Å². The van der Waals surface area contributed by atoms with E-state index in [1.165, 1.54) is 24.3 Å². The van der Waals surface area contributed by atoms with Gasteiger partial charge in [-0.1, -0.05) is 0 Å². The highest BCUT2D eigenvalue weighted by Crippen LogP contribution is 2.07. The van der Waals surface area contributed by atoms with E-state index >= 15 is 0 Å². The Kier molecular flexibility index (Phi) is 5.43. The van der Waals surface area contributed by atoms with E-state index in [0.29, 0.717) is 0 Å². The van der Waals surface area contributed by atoms with Crippen LogP contribution in [0.2, 0.25) is 0 Å². The summed E-state index contributed by atoms with van der Waals surface area (Å²) < 4.78 is 27.3. The zero-order valence-electron chi connectivity index (χ0n) is 9.07. The summed E-state index contributed by atoms with van der Waals surface area (Å²) in [5.74, 6) is -1.62. The third-order valence-electron chi connectivity index (χ3n) is 1.83. The van der Waals surface area contributed by atoms with E-state index < -0.39 is 23.3 Å². The molecule has 7 nitrogen and oxygen atoms in total. The van der Waals surface area contributed by atoms with E-state index in [4.69, 9.17) is 9.66 Å². The molecule has 0 saturated carbocycles. The largest absolute Gasteiger partial charge is 0.460 e. The van der Waals surface area contributed by atoms with Gasteiger partial charge in [-0.25, -0.2) is 9.59 Å². The number of ether oxygens (including phenoxy) is 1. The van der Waals surface area contributed by atoms with Crippen molar-refractivity contribution in [1.82, 2.24) is 0 Å². The van der Waals surface area contributed by atoms with Crippen molar-refractivity contribution in [2.75, 3.05) is 13.2 Å². The molecule has 0 aromatic heterocycles. The quantitative estimate of drug-likeness (QED) is 0.580. The first-order valence-electron chi connectivity index (χ1n) is 4.76. The maximum Gasteiger partial charge on any atom is 0.360 e. The Bertz CT molecular complexity index is 454. The van der Waals surface area contributed by atoms with Crippen LogP contribution in [0.25, 0.3) is 0 Å². The number of carbonyl (C=O) groups is 2. The molecule has 0 radical (unpaired) electrons.